The number of hydrogen-bond acceptors (Lipinski definition) is 4. The molecular formula is C11H23NO3. The van der Waals surface area contributed by atoms with Crippen molar-refractivity contribution >= 4 is 0 Å². The lowest BCUT2D eigenvalue weighted by molar-refractivity contribution is 0.0317. The molecule has 4 nitrogen and oxygen atoms in total. The molecule has 1 saturated heterocycles. The summed E-state index contributed by atoms with van der Waals surface area (Å²) in [5.74, 6) is 0.464. The third-order valence-electron chi connectivity index (χ3n) is 2.64. The van der Waals surface area contributed by atoms with Gasteiger partial charge in [-0.15, -0.1) is 0 Å². The van der Waals surface area contributed by atoms with Gasteiger partial charge in [0.05, 0.1) is 31.0 Å². The highest BCUT2D eigenvalue weighted by Crippen LogP contribution is 2.16. The molecule has 3 unspecified atom stereocenters. The standard InChI is InChI=1S/C11H23NO3/c1-8(2)4-11(3,14)7-12-9-5-15-6-10(9)13/h8-10,12-14H,4-7H2,1-3H3. The Morgan fingerprint density at radius 2 is 2.13 bits per heavy atom. The highest BCUT2D eigenvalue weighted by atomic mass is 16.5. The molecule has 1 aliphatic rings. The van der Waals surface area contributed by atoms with E-state index in [1.807, 2.05) is 6.92 Å². The van der Waals surface area contributed by atoms with E-state index in [2.05, 4.69) is 19.2 Å². The summed E-state index contributed by atoms with van der Waals surface area (Å²) in [5.41, 5.74) is -0.712. The monoisotopic (exact) mass is 217 g/mol. The normalized spacial score (nSPS) is 30.8. The van der Waals surface area contributed by atoms with Crippen LogP contribution in [0.4, 0.5) is 0 Å². The second kappa shape index (κ2) is 5.25. The van der Waals surface area contributed by atoms with Gasteiger partial charge in [0.1, 0.15) is 0 Å². The van der Waals surface area contributed by atoms with Crippen LogP contribution in [-0.2, 0) is 4.74 Å². The average Bonchev–Trinajstić information content (AvgIpc) is 2.45. The molecule has 1 aliphatic heterocycles. The first-order valence-electron chi connectivity index (χ1n) is 5.62. The van der Waals surface area contributed by atoms with Crippen LogP contribution < -0.4 is 5.32 Å². The van der Waals surface area contributed by atoms with Crippen LogP contribution in [0.15, 0.2) is 0 Å². The number of aliphatic hydroxyl groups excluding tert-OH is 1. The van der Waals surface area contributed by atoms with E-state index in [4.69, 9.17) is 4.74 Å². The molecule has 0 radical (unpaired) electrons. The second-order valence-corrected chi connectivity index (χ2v) is 5.19. The molecule has 3 N–H and O–H groups in total. The summed E-state index contributed by atoms with van der Waals surface area (Å²) in [6.07, 6.45) is 0.309. The van der Waals surface area contributed by atoms with Crippen molar-refractivity contribution < 1.29 is 14.9 Å². The molecule has 0 spiro atoms. The fourth-order valence-electron chi connectivity index (χ4n) is 2.04. The summed E-state index contributed by atoms with van der Waals surface area (Å²) >= 11 is 0. The van der Waals surface area contributed by atoms with Gasteiger partial charge in [-0.1, -0.05) is 13.8 Å². The van der Waals surface area contributed by atoms with Gasteiger partial charge in [0.25, 0.3) is 0 Å². The third kappa shape index (κ3) is 4.47. The van der Waals surface area contributed by atoms with Crippen molar-refractivity contribution in [1.29, 1.82) is 0 Å². The predicted molar refractivity (Wildman–Crippen MR) is 58.7 cm³/mol. The first kappa shape index (κ1) is 12.9. The van der Waals surface area contributed by atoms with Crippen LogP contribution in [0.2, 0.25) is 0 Å². The Morgan fingerprint density at radius 3 is 2.60 bits per heavy atom. The lowest BCUT2D eigenvalue weighted by Crippen LogP contribution is -2.47. The Kier molecular flexibility index (Phi) is 4.52. The van der Waals surface area contributed by atoms with Gasteiger partial charge >= 0.3 is 0 Å². The summed E-state index contributed by atoms with van der Waals surface area (Å²) < 4.78 is 5.12. The molecule has 3 atom stereocenters. The van der Waals surface area contributed by atoms with Gasteiger partial charge in [-0.25, -0.2) is 0 Å². The zero-order valence-corrected chi connectivity index (χ0v) is 9.86. The van der Waals surface area contributed by atoms with Crippen molar-refractivity contribution in [1.82, 2.24) is 5.32 Å². The van der Waals surface area contributed by atoms with Crippen LogP contribution >= 0.6 is 0 Å². The molecular weight excluding hydrogens is 194 g/mol. The zero-order valence-electron chi connectivity index (χ0n) is 9.86. The van der Waals surface area contributed by atoms with E-state index in [9.17, 15) is 10.2 Å². The van der Waals surface area contributed by atoms with E-state index in [1.165, 1.54) is 0 Å². The predicted octanol–water partition coefficient (Wildman–Crippen LogP) is 0.133. The van der Waals surface area contributed by atoms with Crippen molar-refractivity contribution in [3.63, 3.8) is 0 Å². The van der Waals surface area contributed by atoms with Gasteiger partial charge in [0, 0.05) is 6.54 Å². The lowest BCUT2D eigenvalue weighted by Gasteiger charge is -2.27. The Labute approximate surface area is 91.6 Å². The average molecular weight is 217 g/mol. The first-order chi connectivity index (χ1) is 6.91. The molecule has 90 valence electrons. The first-order valence-corrected chi connectivity index (χ1v) is 5.62. The number of ether oxygens (including phenoxy) is 1. The molecule has 1 rings (SSSR count). The maximum Gasteiger partial charge on any atom is 0.0948 e. The zero-order chi connectivity index (χ0) is 11.5. The summed E-state index contributed by atoms with van der Waals surface area (Å²) in [6.45, 7) is 7.41. The molecule has 0 aromatic heterocycles. The van der Waals surface area contributed by atoms with Crippen molar-refractivity contribution in [2.45, 2.75) is 44.9 Å². The number of rotatable bonds is 5. The SMILES string of the molecule is CC(C)CC(C)(O)CNC1COCC1O. The summed E-state index contributed by atoms with van der Waals surface area (Å²) in [6, 6.07) is -0.0383. The van der Waals surface area contributed by atoms with Gasteiger partial charge in [-0.05, 0) is 19.3 Å². The van der Waals surface area contributed by atoms with Gasteiger partial charge in [0.2, 0.25) is 0 Å². The summed E-state index contributed by atoms with van der Waals surface area (Å²) in [7, 11) is 0. The molecule has 0 saturated carbocycles. The number of nitrogens with one attached hydrogen (secondary N) is 1. The number of hydrogen-bond donors (Lipinski definition) is 3. The second-order valence-electron chi connectivity index (χ2n) is 5.19. The molecule has 0 bridgehead atoms. The quantitative estimate of drug-likeness (QED) is 0.613. The van der Waals surface area contributed by atoms with Crippen LogP contribution in [0.5, 0.6) is 0 Å². The van der Waals surface area contributed by atoms with Crippen LogP contribution in [0.1, 0.15) is 27.2 Å². The molecule has 0 aromatic carbocycles. The highest BCUT2D eigenvalue weighted by Gasteiger charge is 2.29. The van der Waals surface area contributed by atoms with E-state index in [-0.39, 0.29) is 6.04 Å². The largest absolute Gasteiger partial charge is 0.389 e. The summed E-state index contributed by atoms with van der Waals surface area (Å²) in [5, 5.41) is 22.7. The van der Waals surface area contributed by atoms with Crippen LogP contribution in [-0.4, -0.2) is 47.7 Å². The van der Waals surface area contributed by atoms with Crippen molar-refractivity contribution in [2.24, 2.45) is 5.92 Å². The van der Waals surface area contributed by atoms with Gasteiger partial charge in [-0.3, -0.25) is 0 Å². The van der Waals surface area contributed by atoms with Crippen molar-refractivity contribution in [3.05, 3.63) is 0 Å². The minimum absolute atomic E-state index is 0.0383. The fraction of sp³-hybridized carbons (Fsp3) is 1.00. The van der Waals surface area contributed by atoms with Crippen LogP contribution in [0, 0.1) is 5.92 Å². The van der Waals surface area contributed by atoms with E-state index in [1.54, 1.807) is 0 Å². The van der Waals surface area contributed by atoms with Gasteiger partial charge in [-0.2, -0.15) is 0 Å². The smallest absolute Gasteiger partial charge is 0.0948 e. The van der Waals surface area contributed by atoms with Gasteiger partial charge < -0.3 is 20.3 Å². The molecule has 1 fully saturated rings. The Bertz CT molecular complexity index is 194. The van der Waals surface area contributed by atoms with Gasteiger partial charge in [0.15, 0.2) is 0 Å². The third-order valence-corrected chi connectivity index (χ3v) is 2.64. The summed E-state index contributed by atoms with van der Waals surface area (Å²) in [4.78, 5) is 0. The Hall–Kier alpha value is -0.160. The molecule has 4 heteroatoms. The minimum Gasteiger partial charge on any atom is -0.389 e. The fourth-order valence-corrected chi connectivity index (χ4v) is 2.04. The molecule has 15 heavy (non-hydrogen) atoms. The lowest BCUT2D eigenvalue weighted by atomic mass is 9.94. The van der Waals surface area contributed by atoms with E-state index in [0.29, 0.717) is 25.7 Å². The van der Waals surface area contributed by atoms with Crippen molar-refractivity contribution in [2.75, 3.05) is 19.8 Å². The molecule has 0 amide bonds. The van der Waals surface area contributed by atoms with Crippen molar-refractivity contribution in [3.8, 4) is 0 Å². The maximum absolute atomic E-state index is 10.0. The molecule has 0 aliphatic carbocycles. The van der Waals surface area contributed by atoms with E-state index >= 15 is 0 Å². The molecule has 0 aromatic rings. The molecule has 1 heterocycles. The number of aliphatic hydroxyl groups is 2. The van der Waals surface area contributed by atoms with E-state index < -0.39 is 11.7 Å². The van der Waals surface area contributed by atoms with Crippen LogP contribution in [0.25, 0.3) is 0 Å². The van der Waals surface area contributed by atoms with E-state index in [0.717, 1.165) is 6.42 Å². The van der Waals surface area contributed by atoms with Crippen LogP contribution in [0.3, 0.4) is 0 Å². The topological polar surface area (TPSA) is 61.7 Å². The Morgan fingerprint density at radius 1 is 1.47 bits per heavy atom. The highest BCUT2D eigenvalue weighted by molar-refractivity contribution is 4.85. The maximum atomic E-state index is 10.0. The Balaban J connectivity index is 2.28. The minimum atomic E-state index is -0.712.